The van der Waals surface area contributed by atoms with Crippen LogP contribution in [0.25, 0.3) is 0 Å². The summed E-state index contributed by atoms with van der Waals surface area (Å²) < 4.78 is 11.6. The summed E-state index contributed by atoms with van der Waals surface area (Å²) in [5.41, 5.74) is 0.923. The fourth-order valence-corrected chi connectivity index (χ4v) is 2.78. The Hall–Kier alpha value is -1.23. The molecule has 0 radical (unpaired) electrons. The van der Waals surface area contributed by atoms with Crippen LogP contribution in [0.3, 0.4) is 0 Å². The number of fused-ring (bicyclic) bond motifs is 1. The number of aliphatic carboxylic acids is 1. The van der Waals surface area contributed by atoms with E-state index in [9.17, 15) is 9.90 Å². The van der Waals surface area contributed by atoms with E-state index in [-0.39, 0.29) is 6.79 Å². The highest BCUT2D eigenvalue weighted by Crippen LogP contribution is 2.56. The normalized spacial score (nSPS) is 19.2. The number of rotatable bonds is 2. The Bertz CT molecular complexity index is 520. The van der Waals surface area contributed by atoms with Crippen molar-refractivity contribution >= 4 is 21.9 Å². The quantitative estimate of drug-likeness (QED) is 0.912. The maximum absolute atomic E-state index is 11.4. The van der Waals surface area contributed by atoms with Gasteiger partial charge < -0.3 is 14.6 Å². The minimum Gasteiger partial charge on any atom is -0.481 e. The smallest absolute Gasteiger partial charge is 0.314 e. The largest absolute Gasteiger partial charge is 0.481 e. The van der Waals surface area contributed by atoms with E-state index in [1.54, 1.807) is 0 Å². The van der Waals surface area contributed by atoms with Gasteiger partial charge in [0.2, 0.25) is 6.79 Å². The Morgan fingerprint density at radius 2 is 2.18 bits per heavy atom. The molecule has 1 aliphatic heterocycles. The number of halogens is 1. The van der Waals surface area contributed by atoms with Crippen LogP contribution in [0.4, 0.5) is 0 Å². The fourth-order valence-electron chi connectivity index (χ4n) is 2.38. The summed E-state index contributed by atoms with van der Waals surface area (Å²) in [5, 5.41) is 9.39. The number of carboxylic acid groups (broad SMARTS) is 1. The van der Waals surface area contributed by atoms with Gasteiger partial charge in [-0.3, -0.25) is 4.79 Å². The average Bonchev–Trinajstić information content (AvgIpc) is 2.95. The second-order valence-corrected chi connectivity index (χ2v) is 5.33. The molecule has 1 saturated carbocycles. The van der Waals surface area contributed by atoms with Crippen molar-refractivity contribution in [3.05, 3.63) is 21.7 Å². The summed E-state index contributed by atoms with van der Waals surface area (Å²) >= 11 is 3.44. The minimum atomic E-state index is -0.781. The summed E-state index contributed by atoms with van der Waals surface area (Å²) in [6.07, 6.45) is 1.32. The Balaban J connectivity index is 2.26. The first kappa shape index (κ1) is 10.9. The molecular formula is C12H11BrO4. The summed E-state index contributed by atoms with van der Waals surface area (Å²) in [5.74, 6) is 0.451. The lowest BCUT2D eigenvalue weighted by Crippen LogP contribution is -2.21. The lowest BCUT2D eigenvalue weighted by molar-refractivity contribution is -0.140. The zero-order chi connectivity index (χ0) is 12.2. The van der Waals surface area contributed by atoms with Gasteiger partial charge in [0, 0.05) is 10.0 Å². The first-order valence-corrected chi connectivity index (χ1v) is 6.18. The zero-order valence-electron chi connectivity index (χ0n) is 9.25. The number of carboxylic acids is 1. The molecule has 1 aliphatic carbocycles. The fraction of sp³-hybridized carbons (Fsp3) is 0.417. The first-order valence-electron chi connectivity index (χ1n) is 5.39. The number of carbonyl (C=O) groups is 1. The number of benzene rings is 1. The van der Waals surface area contributed by atoms with Gasteiger partial charge in [0.15, 0.2) is 11.5 Å². The van der Waals surface area contributed by atoms with Crippen molar-refractivity contribution in [2.45, 2.75) is 25.2 Å². The van der Waals surface area contributed by atoms with Crippen LogP contribution in [0.15, 0.2) is 10.5 Å². The van der Waals surface area contributed by atoms with Gasteiger partial charge in [-0.15, -0.1) is 0 Å². The predicted molar refractivity (Wildman–Crippen MR) is 63.5 cm³/mol. The van der Waals surface area contributed by atoms with E-state index >= 15 is 0 Å². The molecule has 0 aromatic heterocycles. The van der Waals surface area contributed by atoms with Gasteiger partial charge in [0.1, 0.15) is 0 Å². The zero-order valence-corrected chi connectivity index (χ0v) is 10.8. The van der Waals surface area contributed by atoms with E-state index < -0.39 is 11.4 Å². The van der Waals surface area contributed by atoms with Crippen LogP contribution in [0.1, 0.15) is 24.0 Å². The Kier molecular flexibility index (Phi) is 2.17. The van der Waals surface area contributed by atoms with E-state index in [0.717, 1.165) is 15.6 Å². The molecule has 90 valence electrons. The van der Waals surface area contributed by atoms with Gasteiger partial charge in [-0.05, 0) is 31.4 Å². The van der Waals surface area contributed by atoms with E-state index in [4.69, 9.17) is 9.47 Å². The van der Waals surface area contributed by atoms with E-state index in [1.807, 2.05) is 13.0 Å². The van der Waals surface area contributed by atoms with Gasteiger partial charge in [-0.2, -0.15) is 0 Å². The standard InChI is InChI=1S/C12H11BrO4/c1-6-7(13)4-8-10(17-5-16-8)9(6)12(2-3-12)11(14)15/h4H,2-3,5H2,1H3,(H,14,15). The second-order valence-electron chi connectivity index (χ2n) is 4.48. The van der Waals surface area contributed by atoms with Gasteiger partial charge >= 0.3 is 5.97 Å². The van der Waals surface area contributed by atoms with Crippen LogP contribution in [0.5, 0.6) is 11.5 Å². The average molecular weight is 299 g/mol. The van der Waals surface area contributed by atoms with Gasteiger partial charge in [-0.1, -0.05) is 15.9 Å². The second kappa shape index (κ2) is 3.38. The van der Waals surface area contributed by atoms with Crippen molar-refractivity contribution in [1.82, 2.24) is 0 Å². The van der Waals surface area contributed by atoms with Crippen molar-refractivity contribution < 1.29 is 19.4 Å². The van der Waals surface area contributed by atoms with Gasteiger partial charge in [0.25, 0.3) is 0 Å². The first-order chi connectivity index (χ1) is 8.06. The Morgan fingerprint density at radius 3 is 2.76 bits per heavy atom. The van der Waals surface area contributed by atoms with E-state index in [2.05, 4.69) is 15.9 Å². The molecule has 1 N–H and O–H groups in total. The topological polar surface area (TPSA) is 55.8 Å². The third-order valence-electron chi connectivity index (χ3n) is 3.50. The molecule has 4 nitrogen and oxygen atoms in total. The lowest BCUT2D eigenvalue weighted by Gasteiger charge is -2.17. The maximum Gasteiger partial charge on any atom is 0.314 e. The molecule has 1 aromatic carbocycles. The number of ether oxygens (including phenoxy) is 2. The highest BCUT2D eigenvalue weighted by atomic mass is 79.9. The molecule has 5 heteroatoms. The van der Waals surface area contributed by atoms with Crippen molar-refractivity contribution in [1.29, 1.82) is 0 Å². The highest BCUT2D eigenvalue weighted by molar-refractivity contribution is 9.10. The van der Waals surface area contributed by atoms with Crippen LogP contribution in [0.2, 0.25) is 0 Å². The van der Waals surface area contributed by atoms with Crippen LogP contribution >= 0.6 is 15.9 Å². The minimum absolute atomic E-state index is 0.161. The number of hydrogen-bond acceptors (Lipinski definition) is 3. The molecule has 2 aliphatic rings. The monoisotopic (exact) mass is 298 g/mol. The van der Waals surface area contributed by atoms with Crippen molar-refractivity contribution in [3.8, 4) is 11.5 Å². The summed E-state index contributed by atoms with van der Waals surface area (Å²) in [6, 6.07) is 1.83. The summed E-state index contributed by atoms with van der Waals surface area (Å²) in [7, 11) is 0. The van der Waals surface area contributed by atoms with Gasteiger partial charge in [0.05, 0.1) is 5.41 Å². The Morgan fingerprint density at radius 1 is 1.47 bits per heavy atom. The van der Waals surface area contributed by atoms with E-state index in [1.165, 1.54) is 0 Å². The molecule has 0 spiro atoms. The lowest BCUT2D eigenvalue weighted by atomic mass is 9.90. The van der Waals surface area contributed by atoms with Crippen molar-refractivity contribution in [2.75, 3.05) is 6.79 Å². The Labute approximate surface area is 107 Å². The van der Waals surface area contributed by atoms with Crippen LogP contribution in [-0.4, -0.2) is 17.9 Å². The molecule has 1 aromatic rings. The molecule has 1 heterocycles. The third kappa shape index (κ3) is 1.38. The number of hydrogen-bond donors (Lipinski definition) is 1. The SMILES string of the molecule is Cc1c(Br)cc2c(c1C1(C(=O)O)CC1)OCO2. The molecule has 0 saturated heterocycles. The molecule has 17 heavy (non-hydrogen) atoms. The maximum atomic E-state index is 11.4. The predicted octanol–water partition coefficient (Wildman–Crippen LogP) is 2.60. The summed E-state index contributed by atoms with van der Waals surface area (Å²) in [6.45, 7) is 2.07. The van der Waals surface area contributed by atoms with Crippen LogP contribution in [0, 0.1) is 6.92 Å². The van der Waals surface area contributed by atoms with E-state index in [0.29, 0.717) is 24.3 Å². The van der Waals surface area contributed by atoms with Crippen molar-refractivity contribution in [3.63, 3.8) is 0 Å². The molecule has 1 fully saturated rings. The third-order valence-corrected chi connectivity index (χ3v) is 4.32. The molecule has 0 unspecified atom stereocenters. The molecule has 0 bridgehead atoms. The summed E-state index contributed by atoms with van der Waals surface area (Å²) in [4.78, 5) is 11.4. The molecule has 0 atom stereocenters. The van der Waals surface area contributed by atoms with Crippen LogP contribution in [-0.2, 0) is 10.2 Å². The van der Waals surface area contributed by atoms with Crippen molar-refractivity contribution in [2.24, 2.45) is 0 Å². The molecule has 3 rings (SSSR count). The molecule has 0 amide bonds. The van der Waals surface area contributed by atoms with Crippen LogP contribution < -0.4 is 9.47 Å². The highest BCUT2D eigenvalue weighted by Gasteiger charge is 2.55. The van der Waals surface area contributed by atoms with Gasteiger partial charge in [-0.25, -0.2) is 0 Å². The molecular weight excluding hydrogens is 288 g/mol.